The smallest absolute Gasteiger partial charge is 0.323 e. The zero-order valence-electron chi connectivity index (χ0n) is 13.1. The molecule has 0 aromatic rings. The third-order valence-corrected chi connectivity index (χ3v) is 5.53. The number of hydrogen-bond donors (Lipinski definition) is 2. The van der Waals surface area contributed by atoms with Crippen LogP contribution in [0.25, 0.3) is 0 Å². The van der Waals surface area contributed by atoms with Crippen LogP contribution in [-0.2, 0) is 4.79 Å². The van der Waals surface area contributed by atoms with Gasteiger partial charge in [0.25, 0.3) is 0 Å². The first kappa shape index (κ1) is 15.7. The van der Waals surface area contributed by atoms with Gasteiger partial charge >= 0.3 is 5.97 Å². The lowest BCUT2D eigenvalue weighted by Crippen LogP contribution is -2.51. The van der Waals surface area contributed by atoms with Crippen LogP contribution < -0.4 is 5.32 Å². The highest BCUT2D eigenvalue weighted by Gasteiger charge is 2.46. The lowest BCUT2D eigenvalue weighted by molar-refractivity contribution is -0.144. The summed E-state index contributed by atoms with van der Waals surface area (Å²) >= 11 is 0. The molecule has 20 heavy (non-hydrogen) atoms. The van der Waals surface area contributed by atoms with Gasteiger partial charge in [-0.25, -0.2) is 0 Å². The molecule has 5 heteroatoms. The van der Waals surface area contributed by atoms with Crippen molar-refractivity contribution >= 4 is 5.97 Å². The second-order valence-electron chi connectivity index (χ2n) is 6.36. The number of piperidine rings is 1. The fraction of sp³-hybridized carbons (Fsp3) is 0.933. The number of nitrogens with zero attached hydrogens (tertiary/aromatic N) is 2. The minimum Gasteiger partial charge on any atom is -0.480 e. The lowest BCUT2D eigenvalue weighted by Gasteiger charge is -2.39. The monoisotopic (exact) mass is 283 g/mol. The second-order valence-corrected chi connectivity index (χ2v) is 6.36. The van der Waals surface area contributed by atoms with Gasteiger partial charge in [-0.1, -0.05) is 6.92 Å². The Balaban J connectivity index is 1.91. The summed E-state index contributed by atoms with van der Waals surface area (Å²) in [6, 6.07) is 1.01. The van der Waals surface area contributed by atoms with Crippen molar-refractivity contribution in [2.24, 2.45) is 0 Å². The number of hydrogen-bond acceptors (Lipinski definition) is 4. The van der Waals surface area contributed by atoms with Crippen molar-refractivity contribution in [1.29, 1.82) is 0 Å². The first-order valence-corrected chi connectivity index (χ1v) is 7.89. The molecule has 1 heterocycles. The molecule has 2 fully saturated rings. The molecule has 0 spiro atoms. The Bertz CT molecular complexity index is 342. The lowest BCUT2D eigenvalue weighted by atomic mass is 9.96. The van der Waals surface area contributed by atoms with Gasteiger partial charge in [0.1, 0.15) is 5.54 Å². The van der Waals surface area contributed by atoms with Gasteiger partial charge in [-0.05, 0) is 65.8 Å². The van der Waals surface area contributed by atoms with Crippen molar-refractivity contribution in [2.45, 2.75) is 56.7 Å². The van der Waals surface area contributed by atoms with Crippen LogP contribution in [-0.4, -0.2) is 72.2 Å². The highest BCUT2D eigenvalue weighted by molar-refractivity contribution is 5.79. The summed E-state index contributed by atoms with van der Waals surface area (Å²) in [5.74, 6) is -0.697. The summed E-state index contributed by atoms with van der Waals surface area (Å²) in [6.45, 7) is 5.71. The van der Waals surface area contributed by atoms with Gasteiger partial charge in [0.05, 0.1) is 0 Å². The molecule has 1 aliphatic carbocycles. The van der Waals surface area contributed by atoms with E-state index in [1.807, 2.05) is 0 Å². The van der Waals surface area contributed by atoms with Gasteiger partial charge in [0.2, 0.25) is 0 Å². The Hall–Kier alpha value is -0.650. The summed E-state index contributed by atoms with van der Waals surface area (Å²) in [5, 5.41) is 12.5. The van der Waals surface area contributed by atoms with Crippen molar-refractivity contribution in [3.8, 4) is 0 Å². The molecule has 0 radical (unpaired) electrons. The molecule has 2 rings (SSSR count). The van der Waals surface area contributed by atoms with E-state index in [9.17, 15) is 9.90 Å². The molecule has 5 nitrogen and oxygen atoms in total. The maximum atomic E-state index is 11.5. The topological polar surface area (TPSA) is 55.8 Å². The van der Waals surface area contributed by atoms with Crippen LogP contribution >= 0.6 is 0 Å². The zero-order chi connectivity index (χ0) is 14.8. The van der Waals surface area contributed by atoms with E-state index in [4.69, 9.17) is 0 Å². The molecule has 0 aromatic heterocycles. The summed E-state index contributed by atoms with van der Waals surface area (Å²) in [7, 11) is 3.96. The largest absolute Gasteiger partial charge is 0.480 e. The van der Waals surface area contributed by atoms with Crippen molar-refractivity contribution in [1.82, 2.24) is 15.1 Å². The number of carbonyl (C=O) groups is 1. The first-order chi connectivity index (χ1) is 9.52. The number of carboxylic acids is 1. The molecule has 2 aliphatic rings. The van der Waals surface area contributed by atoms with E-state index in [0.29, 0.717) is 12.1 Å². The maximum absolute atomic E-state index is 11.5. The number of carboxylic acid groups (broad SMARTS) is 1. The van der Waals surface area contributed by atoms with Gasteiger partial charge in [0, 0.05) is 12.1 Å². The SMILES string of the molecule is CCN1CCC(N(C)C2CCC(NC)(C(=O)O)C2)CC1. The van der Waals surface area contributed by atoms with Crippen LogP contribution in [0.3, 0.4) is 0 Å². The minimum atomic E-state index is -0.705. The van der Waals surface area contributed by atoms with E-state index in [1.165, 1.54) is 25.9 Å². The fourth-order valence-corrected chi connectivity index (χ4v) is 3.84. The number of aliphatic carboxylic acids is 1. The molecular weight excluding hydrogens is 254 g/mol. The number of nitrogens with one attached hydrogen (secondary N) is 1. The first-order valence-electron chi connectivity index (χ1n) is 7.89. The average molecular weight is 283 g/mol. The van der Waals surface area contributed by atoms with Crippen molar-refractivity contribution in [3.63, 3.8) is 0 Å². The van der Waals surface area contributed by atoms with Crippen LogP contribution in [0.2, 0.25) is 0 Å². The third-order valence-electron chi connectivity index (χ3n) is 5.53. The van der Waals surface area contributed by atoms with Crippen LogP contribution in [0.4, 0.5) is 0 Å². The van der Waals surface area contributed by atoms with Crippen molar-refractivity contribution in [2.75, 3.05) is 33.7 Å². The van der Waals surface area contributed by atoms with E-state index in [0.717, 1.165) is 25.8 Å². The highest BCUT2D eigenvalue weighted by Crippen LogP contribution is 2.34. The van der Waals surface area contributed by atoms with E-state index < -0.39 is 11.5 Å². The predicted molar refractivity (Wildman–Crippen MR) is 80.0 cm³/mol. The standard InChI is InChI=1S/C15H29N3O2/c1-4-18-9-6-12(7-10-18)17(3)13-5-8-15(11-13,16-2)14(19)20/h12-13,16H,4-11H2,1-3H3,(H,19,20). The molecule has 0 amide bonds. The summed E-state index contributed by atoms with van der Waals surface area (Å²) in [5.41, 5.74) is -0.705. The molecule has 1 saturated carbocycles. The molecule has 0 bridgehead atoms. The predicted octanol–water partition coefficient (Wildman–Crippen LogP) is 0.998. The fourth-order valence-electron chi connectivity index (χ4n) is 3.84. The van der Waals surface area contributed by atoms with Crippen LogP contribution in [0, 0.1) is 0 Å². The van der Waals surface area contributed by atoms with Crippen molar-refractivity contribution in [3.05, 3.63) is 0 Å². The zero-order valence-corrected chi connectivity index (χ0v) is 13.1. The quantitative estimate of drug-likeness (QED) is 0.788. The summed E-state index contributed by atoms with van der Waals surface area (Å²) in [6.07, 6.45) is 4.86. The highest BCUT2D eigenvalue weighted by atomic mass is 16.4. The van der Waals surface area contributed by atoms with Gasteiger partial charge < -0.3 is 20.2 Å². The normalized spacial score (nSPS) is 32.9. The number of rotatable bonds is 5. The van der Waals surface area contributed by atoms with Gasteiger partial charge in [-0.15, -0.1) is 0 Å². The molecule has 2 atom stereocenters. The minimum absolute atomic E-state index is 0.400. The second kappa shape index (κ2) is 6.41. The average Bonchev–Trinajstić information content (AvgIpc) is 2.92. The molecule has 1 aliphatic heterocycles. The van der Waals surface area contributed by atoms with E-state index in [2.05, 4.69) is 29.1 Å². The molecule has 2 unspecified atom stereocenters. The Labute approximate surface area is 122 Å². The van der Waals surface area contributed by atoms with E-state index in [-0.39, 0.29) is 0 Å². The number of likely N-dealkylation sites (tertiary alicyclic amines) is 1. The summed E-state index contributed by atoms with van der Waals surface area (Å²) in [4.78, 5) is 16.4. The molecule has 2 N–H and O–H groups in total. The third kappa shape index (κ3) is 3.00. The Morgan fingerprint density at radius 1 is 1.35 bits per heavy atom. The van der Waals surface area contributed by atoms with E-state index in [1.54, 1.807) is 7.05 Å². The Kier molecular flexibility index (Phi) is 5.04. The maximum Gasteiger partial charge on any atom is 0.323 e. The summed E-state index contributed by atoms with van der Waals surface area (Å²) < 4.78 is 0. The van der Waals surface area contributed by atoms with Crippen LogP contribution in [0.5, 0.6) is 0 Å². The number of likely N-dealkylation sites (N-methyl/N-ethyl adjacent to an activating group) is 1. The Morgan fingerprint density at radius 2 is 2.00 bits per heavy atom. The van der Waals surface area contributed by atoms with E-state index >= 15 is 0 Å². The molecule has 1 saturated heterocycles. The molecule has 0 aromatic carbocycles. The van der Waals surface area contributed by atoms with Gasteiger partial charge in [-0.3, -0.25) is 4.79 Å². The Morgan fingerprint density at radius 3 is 2.45 bits per heavy atom. The molecular formula is C15H29N3O2. The van der Waals surface area contributed by atoms with Gasteiger partial charge in [-0.2, -0.15) is 0 Å². The molecule has 116 valence electrons. The van der Waals surface area contributed by atoms with Crippen LogP contribution in [0.15, 0.2) is 0 Å². The van der Waals surface area contributed by atoms with Gasteiger partial charge in [0.15, 0.2) is 0 Å². The van der Waals surface area contributed by atoms with Crippen LogP contribution in [0.1, 0.15) is 39.0 Å². The van der Waals surface area contributed by atoms with Crippen molar-refractivity contribution < 1.29 is 9.90 Å².